The number of halogens is 1. The zero-order valence-electron chi connectivity index (χ0n) is 12.6. The van der Waals surface area contributed by atoms with E-state index in [-0.39, 0.29) is 35.0 Å². The number of nitrogens with zero attached hydrogens (tertiary/aromatic N) is 1. The second-order valence-corrected chi connectivity index (χ2v) is 7.57. The molecule has 1 fully saturated rings. The maximum Gasteiger partial charge on any atom is 0.337 e. The van der Waals surface area contributed by atoms with E-state index >= 15 is 0 Å². The molecular weight excluding hydrogens is 346 g/mol. The summed E-state index contributed by atoms with van der Waals surface area (Å²) in [7, 11) is -2.76. The molecule has 1 aliphatic rings. The van der Waals surface area contributed by atoms with E-state index < -0.39 is 27.9 Å². The van der Waals surface area contributed by atoms with Crippen LogP contribution in [0.3, 0.4) is 0 Å². The number of carbonyl (C=O) groups is 2. The van der Waals surface area contributed by atoms with Crippen LogP contribution in [0.1, 0.15) is 22.3 Å². The third-order valence-corrected chi connectivity index (χ3v) is 6.22. The van der Waals surface area contributed by atoms with Gasteiger partial charge in [0.1, 0.15) is 0 Å². The van der Waals surface area contributed by atoms with Crippen LogP contribution in [0.4, 0.5) is 0 Å². The first-order chi connectivity index (χ1) is 10.7. The second kappa shape index (κ2) is 6.46. The number of carboxylic acid groups (broad SMARTS) is 1. The van der Waals surface area contributed by atoms with Crippen molar-refractivity contribution in [1.29, 1.82) is 0 Å². The van der Waals surface area contributed by atoms with Gasteiger partial charge in [-0.3, -0.25) is 4.79 Å². The molecule has 1 aromatic rings. The van der Waals surface area contributed by atoms with Crippen LogP contribution in [0.5, 0.6) is 0 Å². The van der Waals surface area contributed by atoms with Crippen molar-refractivity contribution in [3.63, 3.8) is 0 Å². The molecule has 23 heavy (non-hydrogen) atoms. The van der Waals surface area contributed by atoms with E-state index in [1.807, 2.05) is 0 Å². The lowest BCUT2D eigenvalue weighted by molar-refractivity contribution is -0.141. The Bertz CT molecular complexity index is 761. The fourth-order valence-corrected chi connectivity index (χ4v) is 4.49. The number of hydrogen-bond donors (Lipinski definition) is 1. The summed E-state index contributed by atoms with van der Waals surface area (Å²) >= 11 is 6.03. The van der Waals surface area contributed by atoms with Gasteiger partial charge >= 0.3 is 11.9 Å². The summed E-state index contributed by atoms with van der Waals surface area (Å²) in [6.07, 6.45) is 0.248. The quantitative estimate of drug-likeness (QED) is 0.816. The summed E-state index contributed by atoms with van der Waals surface area (Å²) in [4.78, 5) is 22.5. The number of aliphatic carboxylic acids is 1. The summed E-state index contributed by atoms with van der Waals surface area (Å²) in [6.45, 7) is 1.54. The molecular formula is C14H16ClNO6S. The van der Waals surface area contributed by atoms with Crippen LogP contribution in [-0.4, -0.2) is 50.0 Å². The largest absolute Gasteiger partial charge is 0.481 e. The molecule has 9 heteroatoms. The molecule has 126 valence electrons. The van der Waals surface area contributed by atoms with Gasteiger partial charge in [-0.25, -0.2) is 13.2 Å². The average molecular weight is 362 g/mol. The first kappa shape index (κ1) is 17.7. The standard InChI is InChI=1S/C14H16ClNO6S/c1-8-11(15)5-10(14(19)22-2)6-12(8)23(20,21)16-4-3-9(7-16)13(17)18/h5-6,9H,3-4,7H2,1-2H3,(H,17,18). The van der Waals surface area contributed by atoms with E-state index in [9.17, 15) is 18.0 Å². The van der Waals surface area contributed by atoms with E-state index in [0.29, 0.717) is 5.56 Å². The lowest BCUT2D eigenvalue weighted by Crippen LogP contribution is -2.30. The molecule has 0 amide bonds. The van der Waals surface area contributed by atoms with Gasteiger partial charge in [-0.15, -0.1) is 0 Å². The van der Waals surface area contributed by atoms with Crippen LogP contribution in [0.25, 0.3) is 0 Å². The van der Waals surface area contributed by atoms with Crippen molar-refractivity contribution < 1.29 is 27.9 Å². The molecule has 0 saturated carbocycles. The minimum Gasteiger partial charge on any atom is -0.481 e. The molecule has 1 N–H and O–H groups in total. The van der Waals surface area contributed by atoms with Gasteiger partial charge in [0.15, 0.2) is 0 Å². The Labute approximate surface area is 138 Å². The van der Waals surface area contributed by atoms with E-state index in [1.54, 1.807) is 0 Å². The number of carboxylic acids is 1. The Morgan fingerprint density at radius 1 is 1.39 bits per heavy atom. The topological polar surface area (TPSA) is 101 Å². The van der Waals surface area contributed by atoms with Crippen LogP contribution in [0, 0.1) is 12.8 Å². The van der Waals surface area contributed by atoms with Crippen molar-refractivity contribution in [1.82, 2.24) is 4.31 Å². The van der Waals surface area contributed by atoms with E-state index in [1.165, 1.54) is 26.2 Å². The molecule has 1 atom stereocenters. The maximum atomic E-state index is 12.8. The monoisotopic (exact) mass is 361 g/mol. The average Bonchev–Trinajstić information content (AvgIpc) is 2.99. The molecule has 1 aromatic carbocycles. The van der Waals surface area contributed by atoms with Crippen LogP contribution < -0.4 is 0 Å². The van der Waals surface area contributed by atoms with E-state index in [2.05, 4.69) is 4.74 Å². The molecule has 0 aliphatic carbocycles. The molecule has 0 radical (unpaired) electrons. The molecule has 7 nitrogen and oxygen atoms in total. The Morgan fingerprint density at radius 3 is 2.57 bits per heavy atom. The van der Waals surface area contributed by atoms with Gasteiger partial charge in [-0.2, -0.15) is 4.31 Å². The van der Waals surface area contributed by atoms with E-state index in [0.717, 1.165) is 4.31 Å². The van der Waals surface area contributed by atoms with Crippen LogP contribution in [0.2, 0.25) is 5.02 Å². The number of esters is 1. The maximum absolute atomic E-state index is 12.8. The highest BCUT2D eigenvalue weighted by Gasteiger charge is 2.37. The molecule has 0 aromatic heterocycles. The van der Waals surface area contributed by atoms with Crippen molar-refractivity contribution in [3.05, 3.63) is 28.3 Å². The molecule has 0 spiro atoms. The first-order valence-electron chi connectivity index (χ1n) is 6.80. The molecule has 1 unspecified atom stereocenters. The van der Waals surface area contributed by atoms with Gasteiger partial charge in [-0.05, 0) is 31.0 Å². The van der Waals surface area contributed by atoms with Crippen molar-refractivity contribution in [2.75, 3.05) is 20.2 Å². The lowest BCUT2D eigenvalue weighted by Gasteiger charge is -2.18. The van der Waals surface area contributed by atoms with Crippen LogP contribution >= 0.6 is 11.6 Å². The predicted octanol–water partition coefficient (Wildman–Crippen LogP) is 1.53. The molecule has 2 rings (SSSR count). The number of carbonyl (C=O) groups excluding carboxylic acids is 1. The second-order valence-electron chi connectivity index (χ2n) is 5.26. The van der Waals surface area contributed by atoms with Gasteiger partial charge in [0.2, 0.25) is 10.0 Å². The first-order valence-corrected chi connectivity index (χ1v) is 8.61. The van der Waals surface area contributed by atoms with Crippen molar-refractivity contribution in [3.8, 4) is 0 Å². The van der Waals surface area contributed by atoms with Crippen LogP contribution in [0.15, 0.2) is 17.0 Å². The summed E-state index contributed by atoms with van der Waals surface area (Å²) in [5, 5.41) is 9.14. The van der Waals surface area contributed by atoms with Crippen molar-refractivity contribution >= 4 is 33.6 Å². The lowest BCUT2D eigenvalue weighted by atomic mass is 10.1. The Kier molecular flexibility index (Phi) is 4.98. The Hall–Kier alpha value is -1.64. The smallest absolute Gasteiger partial charge is 0.337 e. The highest BCUT2D eigenvalue weighted by Crippen LogP contribution is 2.31. The molecule has 0 bridgehead atoms. The van der Waals surface area contributed by atoms with Crippen LogP contribution in [-0.2, 0) is 19.6 Å². The molecule has 1 aliphatic heterocycles. The number of hydrogen-bond acceptors (Lipinski definition) is 5. The summed E-state index contributed by atoms with van der Waals surface area (Å²) in [5.41, 5.74) is 0.328. The number of ether oxygens (including phenoxy) is 1. The highest BCUT2D eigenvalue weighted by molar-refractivity contribution is 7.89. The summed E-state index contributed by atoms with van der Waals surface area (Å²) in [6, 6.07) is 2.54. The highest BCUT2D eigenvalue weighted by atomic mass is 35.5. The fourth-order valence-electron chi connectivity index (χ4n) is 2.44. The number of sulfonamides is 1. The minimum atomic E-state index is -3.94. The summed E-state index contributed by atoms with van der Waals surface area (Å²) < 4.78 is 31.2. The van der Waals surface area contributed by atoms with Crippen molar-refractivity contribution in [2.45, 2.75) is 18.2 Å². The Balaban J connectivity index is 2.46. The predicted molar refractivity (Wildman–Crippen MR) is 82.0 cm³/mol. The van der Waals surface area contributed by atoms with Crippen molar-refractivity contribution in [2.24, 2.45) is 5.92 Å². The molecule has 1 heterocycles. The van der Waals surface area contributed by atoms with Gasteiger partial charge < -0.3 is 9.84 Å². The van der Waals surface area contributed by atoms with E-state index in [4.69, 9.17) is 16.7 Å². The SMILES string of the molecule is COC(=O)c1cc(Cl)c(C)c(S(=O)(=O)N2CCC(C(=O)O)C2)c1. The number of methoxy groups -OCH3 is 1. The van der Waals surface area contributed by atoms with Gasteiger partial charge in [0.25, 0.3) is 0 Å². The minimum absolute atomic E-state index is 0.0238. The summed E-state index contributed by atoms with van der Waals surface area (Å²) in [5.74, 6) is -2.46. The number of benzene rings is 1. The zero-order valence-corrected chi connectivity index (χ0v) is 14.1. The number of rotatable bonds is 4. The Morgan fingerprint density at radius 2 is 2.04 bits per heavy atom. The van der Waals surface area contributed by atoms with Gasteiger partial charge in [0.05, 0.1) is 23.5 Å². The third kappa shape index (κ3) is 3.34. The van der Waals surface area contributed by atoms with Gasteiger partial charge in [-0.1, -0.05) is 11.6 Å². The third-order valence-electron chi connectivity index (χ3n) is 3.84. The molecule has 1 saturated heterocycles. The van der Waals surface area contributed by atoms with Gasteiger partial charge in [0, 0.05) is 18.1 Å². The normalized spacial score (nSPS) is 18.8. The fraction of sp³-hybridized carbons (Fsp3) is 0.429. The zero-order chi connectivity index (χ0) is 17.4.